The number of hydrogen-bond donors (Lipinski definition) is 2. The highest BCUT2D eigenvalue weighted by molar-refractivity contribution is 5.92. The fourth-order valence-corrected chi connectivity index (χ4v) is 2.73. The lowest BCUT2D eigenvalue weighted by Gasteiger charge is -2.20. The molecule has 0 radical (unpaired) electrons. The smallest absolute Gasteiger partial charge is 0.244 e. The van der Waals surface area contributed by atoms with Crippen molar-refractivity contribution >= 4 is 23.6 Å². The molecule has 1 heterocycles. The van der Waals surface area contributed by atoms with Crippen molar-refractivity contribution in [1.29, 1.82) is 0 Å². The van der Waals surface area contributed by atoms with Crippen LogP contribution in [0.3, 0.4) is 0 Å². The number of rotatable bonds is 5. The van der Waals surface area contributed by atoms with Gasteiger partial charge in [0, 0.05) is 18.7 Å². The van der Waals surface area contributed by atoms with Gasteiger partial charge in [-0.1, -0.05) is 18.2 Å². The number of nitrogens with one attached hydrogen (secondary N) is 2. The van der Waals surface area contributed by atoms with Crippen molar-refractivity contribution in [2.75, 3.05) is 18.5 Å². The van der Waals surface area contributed by atoms with Gasteiger partial charge in [-0.05, 0) is 48.4 Å². The Balaban J connectivity index is 1.58. The van der Waals surface area contributed by atoms with Crippen molar-refractivity contribution in [2.24, 2.45) is 0 Å². The molecule has 0 saturated heterocycles. The Morgan fingerprint density at radius 3 is 2.44 bits per heavy atom. The number of amides is 2. The molecule has 1 atom stereocenters. The van der Waals surface area contributed by atoms with Crippen LogP contribution in [-0.2, 0) is 9.59 Å². The Hall–Kier alpha value is -3.28. The van der Waals surface area contributed by atoms with Crippen LogP contribution in [0.2, 0.25) is 0 Å². The highest BCUT2D eigenvalue weighted by atomic mass is 16.6. The molecule has 1 aliphatic rings. The predicted octanol–water partition coefficient (Wildman–Crippen LogP) is 3.31. The molecule has 6 nitrogen and oxygen atoms in total. The van der Waals surface area contributed by atoms with Crippen LogP contribution < -0.4 is 20.1 Å². The minimum atomic E-state index is -0.191. The molecule has 0 bridgehead atoms. The average Bonchev–Trinajstić information content (AvgIpc) is 2.66. The van der Waals surface area contributed by atoms with Crippen LogP contribution >= 0.6 is 0 Å². The van der Waals surface area contributed by atoms with Gasteiger partial charge in [-0.25, -0.2) is 0 Å². The lowest BCUT2D eigenvalue weighted by molar-refractivity contribution is -0.117. The third kappa shape index (κ3) is 5.10. The summed E-state index contributed by atoms with van der Waals surface area (Å²) in [7, 11) is 0. The molecular weight excluding hydrogens is 344 g/mol. The summed E-state index contributed by atoms with van der Waals surface area (Å²) in [6.07, 6.45) is 3.21. The molecule has 1 unspecified atom stereocenters. The number of ether oxygens (including phenoxy) is 2. The topological polar surface area (TPSA) is 76.7 Å². The number of carbonyl (C=O) groups is 2. The maximum atomic E-state index is 12.2. The van der Waals surface area contributed by atoms with E-state index in [1.807, 2.05) is 37.3 Å². The van der Waals surface area contributed by atoms with Crippen LogP contribution in [0, 0.1) is 0 Å². The van der Waals surface area contributed by atoms with Crippen molar-refractivity contribution in [2.45, 2.75) is 19.9 Å². The zero-order valence-electron chi connectivity index (χ0n) is 15.3. The third-order valence-electron chi connectivity index (χ3n) is 4.08. The van der Waals surface area contributed by atoms with Crippen LogP contribution in [0.15, 0.2) is 48.5 Å². The van der Waals surface area contributed by atoms with Crippen molar-refractivity contribution in [3.8, 4) is 11.5 Å². The van der Waals surface area contributed by atoms with E-state index in [9.17, 15) is 9.59 Å². The minimum Gasteiger partial charge on any atom is -0.486 e. The standard InChI is InChI=1S/C21H22N2O4/c1-14(17-6-9-19-20(13-17)27-12-11-26-19)22-21(25)10-5-16-3-7-18(8-4-16)23-15(2)24/h3-10,13-14H,11-12H2,1-2H3,(H,22,25)(H,23,24)/b10-5+. The van der Waals surface area contributed by atoms with Gasteiger partial charge >= 0.3 is 0 Å². The molecular formula is C21H22N2O4. The van der Waals surface area contributed by atoms with E-state index in [4.69, 9.17) is 9.47 Å². The summed E-state index contributed by atoms with van der Waals surface area (Å²) in [5, 5.41) is 5.63. The van der Waals surface area contributed by atoms with E-state index < -0.39 is 0 Å². The lowest BCUT2D eigenvalue weighted by atomic mass is 10.1. The molecule has 2 aromatic rings. The van der Waals surface area contributed by atoms with Gasteiger partial charge in [-0.2, -0.15) is 0 Å². The largest absolute Gasteiger partial charge is 0.486 e. The molecule has 0 aromatic heterocycles. The van der Waals surface area contributed by atoms with Crippen LogP contribution in [0.25, 0.3) is 6.08 Å². The first-order valence-electron chi connectivity index (χ1n) is 8.77. The first-order chi connectivity index (χ1) is 13.0. The van der Waals surface area contributed by atoms with E-state index in [-0.39, 0.29) is 17.9 Å². The Labute approximate surface area is 158 Å². The second kappa shape index (κ2) is 8.40. The van der Waals surface area contributed by atoms with Gasteiger partial charge in [-0.3, -0.25) is 9.59 Å². The maximum Gasteiger partial charge on any atom is 0.244 e. The molecule has 27 heavy (non-hydrogen) atoms. The summed E-state index contributed by atoms with van der Waals surface area (Å²) in [5.74, 6) is 1.12. The summed E-state index contributed by atoms with van der Waals surface area (Å²) in [6, 6.07) is 12.7. The van der Waals surface area contributed by atoms with Gasteiger partial charge < -0.3 is 20.1 Å². The zero-order valence-corrected chi connectivity index (χ0v) is 15.3. The molecule has 6 heteroatoms. The summed E-state index contributed by atoms with van der Waals surface area (Å²) < 4.78 is 11.1. The number of fused-ring (bicyclic) bond motifs is 1. The number of hydrogen-bond acceptors (Lipinski definition) is 4. The molecule has 2 N–H and O–H groups in total. The molecule has 140 valence electrons. The van der Waals surface area contributed by atoms with Crippen LogP contribution in [0.5, 0.6) is 11.5 Å². The normalized spacial score (nSPS) is 13.9. The fraction of sp³-hybridized carbons (Fsp3) is 0.238. The van der Waals surface area contributed by atoms with E-state index in [2.05, 4.69) is 10.6 Å². The first-order valence-corrected chi connectivity index (χ1v) is 8.77. The number of anilines is 1. The van der Waals surface area contributed by atoms with Gasteiger partial charge in [-0.15, -0.1) is 0 Å². The highest BCUT2D eigenvalue weighted by Crippen LogP contribution is 2.32. The molecule has 0 aliphatic carbocycles. The van der Waals surface area contributed by atoms with Gasteiger partial charge in [0.1, 0.15) is 13.2 Å². The fourth-order valence-electron chi connectivity index (χ4n) is 2.73. The van der Waals surface area contributed by atoms with Crippen LogP contribution in [0.4, 0.5) is 5.69 Å². The Bertz CT molecular complexity index is 859. The molecule has 3 rings (SSSR count). The maximum absolute atomic E-state index is 12.2. The van der Waals surface area contributed by atoms with E-state index in [0.717, 1.165) is 22.6 Å². The zero-order chi connectivity index (χ0) is 19.2. The second-order valence-electron chi connectivity index (χ2n) is 6.27. The van der Waals surface area contributed by atoms with Gasteiger partial charge in [0.15, 0.2) is 11.5 Å². The predicted molar refractivity (Wildman–Crippen MR) is 104 cm³/mol. The Morgan fingerprint density at radius 1 is 1.04 bits per heavy atom. The van der Waals surface area contributed by atoms with Crippen molar-refractivity contribution in [3.05, 3.63) is 59.7 Å². The lowest BCUT2D eigenvalue weighted by Crippen LogP contribution is -2.25. The van der Waals surface area contributed by atoms with Gasteiger partial charge in [0.25, 0.3) is 0 Å². The van der Waals surface area contributed by atoms with Crippen molar-refractivity contribution in [3.63, 3.8) is 0 Å². The number of benzene rings is 2. The Morgan fingerprint density at radius 2 is 1.74 bits per heavy atom. The third-order valence-corrected chi connectivity index (χ3v) is 4.08. The monoisotopic (exact) mass is 366 g/mol. The summed E-state index contributed by atoms with van der Waals surface area (Å²) >= 11 is 0. The quantitative estimate of drug-likeness (QED) is 0.796. The van der Waals surface area contributed by atoms with Gasteiger partial charge in [0.05, 0.1) is 6.04 Å². The second-order valence-corrected chi connectivity index (χ2v) is 6.27. The SMILES string of the molecule is CC(=O)Nc1ccc(/C=C/C(=O)NC(C)c2ccc3c(c2)OCCO3)cc1. The Kier molecular flexibility index (Phi) is 5.76. The minimum absolute atomic E-state index is 0.120. The highest BCUT2D eigenvalue weighted by Gasteiger charge is 2.15. The van der Waals surface area contributed by atoms with Crippen molar-refractivity contribution < 1.29 is 19.1 Å². The molecule has 2 amide bonds. The molecule has 2 aromatic carbocycles. The summed E-state index contributed by atoms with van der Waals surface area (Å²) in [6.45, 7) is 4.45. The summed E-state index contributed by atoms with van der Waals surface area (Å²) in [4.78, 5) is 23.2. The van der Waals surface area contributed by atoms with E-state index >= 15 is 0 Å². The number of carbonyl (C=O) groups excluding carboxylic acids is 2. The van der Waals surface area contributed by atoms with Gasteiger partial charge in [0.2, 0.25) is 11.8 Å². The average molecular weight is 366 g/mol. The molecule has 1 aliphatic heterocycles. The molecule has 0 fully saturated rings. The first kappa shape index (κ1) is 18.5. The van der Waals surface area contributed by atoms with Crippen molar-refractivity contribution in [1.82, 2.24) is 5.32 Å². The molecule has 0 saturated carbocycles. The van der Waals surface area contributed by atoms with E-state index in [0.29, 0.717) is 19.0 Å². The van der Waals surface area contributed by atoms with E-state index in [1.165, 1.54) is 13.0 Å². The van der Waals surface area contributed by atoms with Crippen LogP contribution in [-0.4, -0.2) is 25.0 Å². The summed E-state index contributed by atoms with van der Waals surface area (Å²) in [5.41, 5.74) is 2.53. The van der Waals surface area contributed by atoms with E-state index in [1.54, 1.807) is 18.2 Å². The van der Waals surface area contributed by atoms with Crippen LogP contribution in [0.1, 0.15) is 31.0 Å². The molecule has 0 spiro atoms.